The number of nitrogens with one attached hydrogen (secondary N) is 1. The first kappa shape index (κ1) is 7.67. The summed E-state index contributed by atoms with van der Waals surface area (Å²) >= 11 is 0. The molecule has 2 aromatic rings. The van der Waals surface area contributed by atoms with Crippen molar-refractivity contribution in [3.05, 3.63) is 42.4 Å². The molecular formula is C9H8N2O2. The van der Waals surface area contributed by atoms with Crippen LogP contribution in [0.25, 0.3) is 5.82 Å². The van der Waals surface area contributed by atoms with Gasteiger partial charge in [0.05, 0.1) is 0 Å². The summed E-state index contributed by atoms with van der Waals surface area (Å²) in [4.78, 5) is 13.6. The fraction of sp³-hybridized carbons (Fsp3) is 0. The lowest BCUT2D eigenvalue weighted by molar-refractivity contribution is 0.0697. The Morgan fingerprint density at radius 1 is 1.38 bits per heavy atom. The molecule has 66 valence electrons. The Kier molecular flexibility index (Phi) is 1.66. The molecule has 0 fully saturated rings. The van der Waals surface area contributed by atoms with Crippen LogP contribution in [0.15, 0.2) is 36.8 Å². The van der Waals surface area contributed by atoms with Gasteiger partial charge in [-0.15, -0.1) is 0 Å². The molecule has 0 radical (unpaired) electrons. The van der Waals surface area contributed by atoms with Gasteiger partial charge in [-0.3, -0.25) is 0 Å². The maximum atomic E-state index is 10.7. The Balaban J connectivity index is 2.52. The minimum Gasteiger partial charge on any atom is -0.478 e. The van der Waals surface area contributed by atoms with Gasteiger partial charge >= 0.3 is 5.97 Å². The summed E-state index contributed by atoms with van der Waals surface area (Å²) in [6, 6.07) is 5.22. The third-order valence-corrected chi connectivity index (χ3v) is 1.82. The lowest BCUT2D eigenvalue weighted by Crippen LogP contribution is -2.01. The first-order valence-electron chi connectivity index (χ1n) is 3.83. The molecule has 0 amide bonds. The molecule has 0 saturated carbocycles. The van der Waals surface area contributed by atoms with E-state index in [2.05, 4.69) is 4.98 Å². The highest BCUT2D eigenvalue weighted by atomic mass is 16.4. The number of aromatic amines is 1. The number of carbonyl (C=O) groups is 1. The van der Waals surface area contributed by atoms with E-state index in [0.29, 0.717) is 5.82 Å². The number of hydrogen-bond donors (Lipinski definition) is 2. The predicted molar refractivity (Wildman–Crippen MR) is 47.1 cm³/mol. The lowest BCUT2D eigenvalue weighted by atomic mass is 10.3. The maximum Gasteiger partial charge on any atom is 0.339 e. The number of carboxylic acids is 1. The van der Waals surface area contributed by atoms with Crippen molar-refractivity contribution < 1.29 is 9.90 Å². The average molecular weight is 176 g/mol. The van der Waals surface area contributed by atoms with Crippen molar-refractivity contribution in [1.82, 2.24) is 9.55 Å². The van der Waals surface area contributed by atoms with Crippen LogP contribution >= 0.6 is 0 Å². The zero-order valence-electron chi connectivity index (χ0n) is 6.77. The second-order valence-electron chi connectivity index (χ2n) is 2.64. The Labute approximate surface area is 74.4 Å². The maximum absolute atomic E-state index is 10.7. The Morgan fingerprint density at radius 2 is 2.08 bits per heavy atom. The van der Waals surface area contributed by atoms with Gasteiger partial charge in [-0.1, -0.05) is 0 Å². The molecule has 0 aliphatic rings. The quantitative estimate of drug-likeness (QED) is 0.728. The molecule has 0 spiro atoms. The number of hydrogen-bond acceptors (Lipinski definition) is 1. The van der Waals surface area contributed by atoms with Crippen molar-refractivity contribution >= 4 is 5.97 Å². The van der Waals surface area contributed by atoms with Crippen molar-refractivity contribution in [2.24, 2.45) is 0 Å². The van der Waals surface area contributed by atoms with Crippen LogP contribution < -0.4 is 0 Å². The zero-order chi connectivity index (χ0) is 9.26. The van der Waals surface area contributed by atoms with Crippen molar-refractivity contribution in [2.45, 2.75) is 0 Å². The molecule has 0 aliphatic heterocycles. The molecule has 0 atom stereocenters. The molecule has 2 heterocycles. The molecule has 2 N–H and O–H groups in total. The third-order valence-electron chi connectivity index (χ3n) is 1.82. The van der Waals surface area contributed by atoms with E-state index in [1.807, 2.05) is 12.1 Å². The summed E-state index contributed by atoms with van der Waals surface area (Å²) in [5.41, 5.74) is 0.274. The number of carboxylic acid groups (broad SMARTS) is 1. The first-order valence-corrected chi connectivity index (χ1v) is 3.83. The number of aromatic carboxylic acids is 1. The normalized spacial score (nSPS) is 10.2. The largest absolute Gasteiger partial charge is 0.478 e. The van der Waals surface area contributed by atoms with E-state index in [1.165, 1.54) is 6.07 Å². The number of rotatable bonds is 2. The van der Waals surface area contributed by atoms with Crippen LogP contribution in [0.3, 0.4) is 0 Å². The van der Waals surface area contributed by atoms with Crippen LogP contribution in [-0.4, -0.2) is 20.6 Å². The molecular weight excluding hydrogens is 168 g/mol. The second-order valence-corrected chi connectivity index (χ2v) is 2.64. The van der Waals surface area contributed by atoms with Gasteiger partial charge < -0.3 is 14.7 Å². The van der Waals surface area contributed by atoms with Crippen molar-refractivity contribution in [3.63, 3.8) is 0 Å². The minimum absolute atomic E-state index is 0.274. The molecule has 0 saturated heterocycles. The van der Waals surface area contributed by atoms with Gasteiger partial charge in [0, 0.05) is 18.6 Å². The van der Waals surface area contributed by atoms with Crippen LogP contribution in [0.4, 0.5) is 0 Å². The molecule has 4 nitrogen and oxygen atoms in total. The standard InChI is InChI=1S/C9H8N2O2/c12-9(13)7-3-4-10-8(7)11-5-1-2-6-11/h1-6,10H,(H,12,13). The number of nitrogens with zero attached hydrogens (tertiary/aromatic N) is 1. The van der Waals surface area contributed by atoms with Gasteiger partial charge in [0.1, 0.15) is 11.4 Å². The summed E-state index contributed by atoms with van der Waals surface area (Å²) in [6.07, 6.45) is 5.19. The molecule has 0 aromatic carbocycles. The summed E-state index contributed by atoms with van der Waals surface area (Å²) < 4.78 is 1.73. The molecule has 0 unspecified atom stereocenters. The summed E-state index contributed by atoms with van der Waals surface area (Å²) in [5, 5.41) is 8.82. The zero-order valence-corrected chi connectivity index (χ0v) is 6.77. The Bertz CT molecular complexity index is 415. The van der Waals surface area contributed by atoms with Crippen LogP contribution in [0, 0.1) is 0 Å². The summed E-state index contributed by atoms with van der Waals surface area (Å²) in [6.45, 7) is 0. The van der Waals surface area contributed by atoms with E-state index in [4.69, 9.17) is 5.11 Å². The second kappa shape index (κ2) is 2.82. The number of H-pyrrole nitrogens is 1. The topological polar surface area (TPSA) is 58.0 Å². The molecule has 0 bridgehead atoms. The smallest absolute Gasteiger partial charge is 0.339 e. The molecule has 4 heteroatoms. The van der Waals surface area contributed by atoms with Gasteiger partial charge in [0.25, 0.3) is 0 Å². The highest BCUT2D eigenvalue weighted by molar-refractivity contribution is 5.91. The number of aromatic nitrogens is 2. The molecule has 2 aromatic heterocycles. The molecule has 0 aliphatic carbocycles. The van der Waals surface area contributed by atoms with Crippen LogP contribution in [0.5, 0.6) is 0 Å². The van der Waals surface area contributed by atoms with Crippen LogP contribution in [-0.2, 0) is 0 Å². The Morgan fingerprint density at radius 3 is 2.69 bits per heavy atom. The fourth-order valence-corrected chi connectivity index (χ4v) is 1.23. The first-order chi connectivity index (χ1) is 6.29. The summed E-state index contributed by atoms with van der Waals surface area (Å²) in [7, 11) is 0. The fourth-order valence-electron chi connectivity index (χ4n) is 1.23. The third kappa shape index (κ3) is 1.22. The van der Waals surface area contributed by atoms with E-state index >= 15 is 0 Å². The van der Waals surface area contributed by atoms with Crippen LogP contribution in [0.1, 0.15) is 10.4 Å². The van der Waals surface area contributed by atoms with Crippen molar-refractivity contribution in [2.75, 3.05) is 0 Å². The van der Waals surface area contributed by atoms with E-state index in [9.17, 15) is 4.79 Å². The van der Waals surface area contributed by atoms with Gasteiger partial charge in [0.2, 0.25) is 0 Å². The van der Waals surface area contributed by atoms with Crippen molar-refractivity contribution in [3.8, 4) is 5.82 Å². The van der Waals surface area contributed by atoms with Gasteiger partial charge in [-0.25, -0.2) is 4.79 Å². The molecule has 2 rings (SSSR count). The van der Waals surface area contributed by atoms with E-state index < -0.39 is 5.97 Å². The van der Waals surface area contributed by atoms with Gasteiger partial charge in [0.15, 0.2) is 0 Å². The lowest BCUT2D eigenvalue weighted by Gasteiger charge is -2.00. The minimum atomic E-state index is -0.926. The molecule has 13 heavy (non-hydrogen) atoms. The van der Waals surface area contributed by atoms with E-state index in [-0.39, 0.29) is 5.56 Å². The SMILES string of the molecule is O=C(O)c1cc[nH]c1-n1cccc1. The van der Waals surface area contributed by atoms with Crippen molar-refractivity contribution in [1.29, 1.82) is 0 Å². The van der Waals surface area contributed by atoms with Gasteiger partial charge in [-0.05, 0) is 18.2 Å². The average Bonchev–Trinajstić information content (AvgIpc) is 2.74. The Hall–Kier alpha value is -1.97. The van der Waals surface area contributed by atoms with Gasteiger partial charge in [-0.2, -0.15) is 0 Å². The predicted octanol–water partition coefficient (Wildman–Crippen LogP) is 1.50. The monoisotopic (exact) mass is 176 g/mol. The highest BCUT2D eigenvalue weighted by Gasteiger charge is 2.11. The van der Waals surface area contributed by atoms with Crippen LogP contribution in [0.2, 0.25) is 0 Å². The van der Waals surface area contributed by atoms with E-state index in [0.717, 1.165) is 0 Å². The highest BCUT2D eigenvalue weighted by Crippen LogP contribution is 2.12. The van der Waals surface area contributed by atoms with E-state index in [1.54, 1.807) is 23.2 Å². The summed E-state index contributed by atoms with van der Waals surface area (Å²) in [5.74, 6) is -0.345.